The highest BCUT2D eigenvalue weighted by molar-refractivity contribution is 8.00. The summed E-state index contributed by atoms with van der Waals surface area (Å²) in [4.78, 5) is 18.7. The molecule has 0 aromatic carbocycles. The zero-order valence-corrected chi connectivity index (χ0v) is 17.9. The zero-order chi connectivity index (χ0) is 20.3. The van der Waals surface area contributed by atoms with Crippen LogP contribution in [0.1, 0.15) is 27.2 Å². The maximum Gasteiger partial charge on any atom is 0.236 e. The van der Waals surface area contributed by atoms with Gasteiger partial charge in [0, 0.05) is 37.1 Å². The summed E-state index contributed by atoms with van der Waals surface area (Å²) in [6.07, 6.45) is 3.92. The van der Waals surface area contributed by atoms with Crippen molar-refractivity contribution in [2.45, 2.75) is 50.2 Å². The summed E-state index contributed by atoms with van der Waals surface area (Å²) in [6.45, 7) is 6.89. The van der Waals surface area contributed by atoms with Gasteiger partial charge in [-0.3, -0.25) is 9.78 Å². The van der Waals surface area contributed by atoms with E-state index in [1.807, 2.05) is 37.5 Å². The molecule has 10 heteroatoms. The summed E-state index contributed by atoms with van der Waals surface area (Å²) in [6, 6.07) is 3.51. The Kier molecular flexibility index (Phi) is 6.39. The smallest absolute Gasteiger partial charge is 0.236 e. The van der Waals surface area contributed by atoms with Crippen LogP contribution in [-0.4, -0.2) is 68.3 Å². The minimum absolute atomic E-state index is 0.0568. The molecule has 1 fully saturated rings. The van der Waals surface area contributed by atoms with E-state index in [0.717, 1.165) is 11.4 Å². The lowest BCUT2D eigenvalue weighted by Gasteiger charge is -2.29. The van der Waals surface area contributed by atoms with E-state index >= 15 is 0 Å². The van der Waals surface area contributed by atoms with Crippen LogP contribution in [0.25, 0.3) is 11.4 Å². The number of pyridine rings is 1. The van der Waals surface area contributed by atoms with Crippen LogP contribution in [0, 0.1) is 0 Å². The lowest BCUT2D eigenvalue weighted by Crippen LogP contribution is -2.44. The summed E-state index contributed by atoms with van der Waals surface area (Å²) in [5.74, 6) is 0.885. The number of hydrogen-bond acceptors (Lipinski definition) is 7. The lowest BCUT2D eigenvalue weighted by molar-refractivity contribution is -0.131. The first kappa shape index (κ1) is 20.8. The van der Waals surface area contributed by atoms with Crippen LogP contribution in [0.3, 0.4) is 0 Å². The van der Waals surface area contributed by atoms with Gasteiger partial charge in [-0.25, -0.2) is 8.42 Å². The quantitative estimate of drug-likeness (QED) is 0.627. The van der Waals surface area contributed by atoms with E-state index in [1.165, 1.54) is 11.8 Å². The van der Waals surface area contributed by atoms with Crippen LogP contribution in [0.4, 0.5) is 0 Å². The van der Waals surface area contributed by atoms with E-state index in [0.29, 0.717) is 24.7 Å². The normalized spacial score (nSPS) is 19.5. The Bertz CT molecular complexity index is 930. The predicted octanol–water partition coefficient (Wildman–Crippen LogP) is 1.88. The molecule has 0 spiro atoms. The first-order chi connectivity index (χ1) is 13.4. The maximum absolute atomic E-state index is 13.0. The Labute approximate surface area is 169 Å². The lowest BCUT2D eigenvalue weighted by atomic mass is 10.2. The SMILES string of the molecule is CCN(C(=O)[C@H](C)Sc1nnc(-c2ccncc2)n1CC)[C@@H]1CCS(=O)(=O)C1. The highest BCUT2D eigenvalue weighted by atomic mass is 32.2. The van der Waals surface area contributed by atoms with Gasteiger partial charge in [0.25, 0.3) is 0 Å². The number of carbonyl (C=O) groups is 1. The number of nitrogens with zero attached hydrogens (tertiary/aromatic N) is 5. The number of amides is 1. The fraction of sp³-hybridized carbons (Fsp3) is 0.556. The second-order valence-electron chi connectivity index (χ2n) is 6.73. The van der Waals surface area contributed by atoms with Crippen molar-refractivity contribution in [3.63, 3.8) is 0 Å². The van der Waals surface area contributed by atoms with Crippen LogP contribution < -0.4 is 0 Å². The third kappa shape index (κ3) is 4.38. The summed E-state index contributed by atoms with van der Waals surface area (Å²) in [5.41, 5.74) is 0.918. The topological polar surface area (TPSA) is 98.1 Å². The van der Waals surface area contributed by atoms with Crippen molar-refractivity contribution < 1.29 is 13.2 Å². The average molecular weight is 424 g/mol. The highest BCUT2D eigenvalue weighted by Crippen LogP contribution is 2.28. The van der Waals surface area contributed by atoms with Gasteiger partial charge in [-0.2, -0.15) is 0 Å². The molecule has 1 aliphatic rings. The van der Waals surface area contributed by atoms with Gasteiger partial charge in [0.15, 0.2) is 20.8 Å². The first-order valence-electron chi connectivity index (χ1n) is 9.37. The zero-order valence-electron chi connectivity index (χ0n) is 16.3. The molecule has 1 saturated heterocycles. The van der Waals surface area contributed by atoms with Crippen molar-refractivity contribution in [3.05, 3.63) is 24.5 Å². The first-order valence-corrected chi connectivity index (χ1v) is 12.1. The molecular formula is C18H25N5O3S2. The fourth-order valence-corrected chi connectivity index (χ4v) is 6.15. The molecule has 1 amide bonds. The minimum atomic E-state index is -3.04. The molecule has 0 unspecified atom stereocenters. The van der Waals surface area contributed by atoms with E-state index < -0.39 is 9.84 Å². The standard InChI is InChI=1S/C18H25N5O3S2/c1-4-22(15-8-11-28(25,26)12-15)17(24)13(3)27-18-21-20-16(23(18)5-2)14-6-9-19-10-7-14/h6-7,9-10,13,15H,4-5,8,11-12H2,1-3H3/t13-,15+/m0/s1. The van der Waals surface area contributed by atoms with Gasteiger partial charge in [0.05, 0.1) is 16.8 Å². The van der Waals surface area contributed by atoms with Crippen LogP contribution in [0.5, 0.6) is 0 Å². The van der Waals surface area contributed by atoms with Crippen molar-refractivity contribution in [3.8, 4) is 11.4 Å². The molecule has 1 aliphatic heterocycles. The molecule has 0 aliphatic carbocycles. The van der Waals surface area contributed by atoms with Gasteiger partial charge in [-0.1, -0.05) is 11.8 Å². The second-order valence-corrected chi connectivity index (χ2v) is 10.3. The summed E-state index contributed by atoms with van der Waals surface area (Å²) >= 11 is 1.35. The minimum Gasteiger partial charge on any atom is -0.338 e. The number of rotatable bonds is 7. The summed E-state index contributed by atoms with van der Waals surface area (Å²) in [7, 11) is -3.04. The number of sulfone groups is 1. The Morgan fingerprint density at radius 3 is 2.61 bits per heavy atom. The molecule has 8 nitrogen and oxygen atoms in total. The predicted molar refractivity (Wildman–Crippen MR) is 109 cm³/mol. The fourth-order valence-electron chi connectivity index (χ4n) is 3.43. The molecule has 28 heavy (non-hydrogen) atoms. The molecule has 2 atom stereocenters. The Morgan fingerprint density at radius 2 is 2.04 bits per heavy atom. The van der Waals surface area contributed by atoms with Gasteiger partial charge in [0.2, 0.25) is 5.91 Å². The third-order valence-electron chi connectivity index (χ3n) is 4.87. The van der Waals surface area contributed by atoms with Crippen molar-refractivity contribution in [2.24, 2.45) is 0 Å². The molecule has 152 valence electrons. The van der Waals surface area contributed by atoms with Crippen molar-refractivity contribution in [2.75, 3.05) is 18.1 Å². The molecule has 0 bridgehead atoms. The third-order valence-corrected chi connectivity index (χ3v) is 7.69. The molecule has 3 rings (SSSR count). The van der Waals surface area contributed by atoms with E-state index in [1.54, 1.807) is 17.3 Å². The average Bonchev–Trinajstić information content (AvgIpc) is 3.25. The summed E-state index contributed by atoms with van der Waals surface area (Å²) in [5, 5.41) is 8.86. The number of thioether (sulfide) groups is 1. The van der Waals surface area contributed by atoms with Gasteiger partial charge < -0.3 is 9.47 Å². The van der Waals surface area contributed by atoms with E-state index in [2.05, 4.69) is 15.2 Å². The van der Waals surface area contributed by atoms with Crippen molar-refractivity contribution in [1.29, 1.82) is 0 Å². The molecule has 0 saturated carbocycles. The molecule has 0 radical (unpaired) electrons. The Balaban J connectivity index is 1.76. The van der Waals surface area contributed by atoms with Crippen LogP contribution in [-0.2, 0) is 21.2 Å². The van der Waals surface area contributed by atoms with Crippen molar-refractivity contribution >= 4 is 27.5 Å². The molecule has 0 N–H and O–H groups in total. The Hall–Kier alpha value is -1.94. The van der Waals surface area contributed by atoms with E-state index in [4.69, 9.17) is 0 Å². The molecular weight excluding hydrogens is 398 g/mol. The van der Waals surface area contributed by atoms with Crippen LogP contribution in [0.15, 0.2) is 29.7 Å². The van der Waals surface area contributed by atoms with E-state index in [-0.39, 0.29) is 28.7 Å². The summed E-state index contributed by atoms with van der Waals surface area (Å²) < 4.78 is 25.6. The highest BCUT2D eigenvalue weighted by Gasteiger charge is 2.35. The molecule has 3 heterocycles. The van der Waals surface area contributed by atoms with Gasteiger partial charge in [0.1, 0.15) is 0 Å². The Morgan fingerprint density at radius 1 is 1.32 bits per heavy atom. The van der Waals surface area contributed by atoms with Gasteiger partial charge in [-0.05, 0) is 39.3 Å². The van der Waals surface area contributed by atoms with E-state index in [9.17, 15) is 13.2 Å². The number of hydrogen-bond donors (Lipinski definition) is 0. The maximum atomic E-state index is 13.0. The number of aromatic nitrogens is 4. The van der Waals surface area contributed by atoms with Crippen LogP contribution in [0.2, 0.25) is 0 Å². The molecule has 2 aromatic rings. The monoisotopic (exact) mass is 423 g/mol. The molecule has 2 aromatic heterocycles. The van der Waals surface area contributed by atoms with Crippen LogP contribution >= 0.6 is 11.8 Å². The largest absolute Gasteiger partial charge is 0.338 e. The van der Waals surface area contributed by atoms with Gasteiger partial charge >= 0.3 is 0 Å². The van der Waals surface area contributed by atoms with Crippen molar-refractivity contribution in [1.82, 2.24) is 24.6 Å². The van der Waals surface area contributed by atoms with Gasteiger partial charge in [-0.15, -0.1) is 10.2 Å². The number of carbonyl (C=O) groups excluding carboxylic acids is 1. The second kappa shape index (κ2) is 8.60.